The molecule has 2 rings (SSSR count). The van der Waals surface area contributed by atoms with Crippen molar-refractivity contribution in [2.24, 2.45) is 0 Å². The molecule has 4 heteroatoms. The molecule has 0 radical (unpaired) electrons. The summed E-state index contributed by atoms with van der Waals surface area (Å²) in [6.45, 7) is 5.22. The zero-order valence-electron chi connectivity index (χ0n) is 11.6. The van der Waals surface area contributed by atoms with Gasteiger partial charge in [-0.15, -0.1) is 0 Å². The van der Waals surface area contributed by atoms with Crippen LogP contribution in [0.3, 0.4) is 0 Å². The fourth-order valence-electron chi connectivity index (χ4n) is 1.59. The molecule has 0 saturated carbocycles. The van der Waals surface area contributed by atoms with Gasteiger partial charge >= 0.3 is 0 Å². The quantitative estimate of drug-likeness (QED) is 0.671. The first-order valence-corrected chi connectivity index (χ1v) is 6.39. The zero-order chi connectivity index (χ0) is 15.2. The molecule has 1 aromatic heterocycles. The standard InChI is InChI=1S/C17H15NO3/c1-12(2)17(20)18-14-8-5-13(6-9-14)7-10-15(19)16-4-3-11-21-16/h3-11H,1H2,2H3,(H,18,20). The fourth-order valence-corrected chi connectivity index (χ4v) is 1.59. The first-order chi connectivity index (χ1) is 10.1. The molecule has 1 amide bonds. The summed E-state index contributed by atoms with van der Waals surface area (Å²) >= 11 is 0. The smallest absolute Gasteiger partial charge is 0.250 e. The first kappa shape index (κ1) is 14.5. The topological polar surface area (TPSA) is 59.3 Å². The van der Waals surface area contributed by atoms with Crippen LogP contribution < -0.4 is 5.32 Å². The Morgan fingerprint density at radius 3 is 2.48 bits per heavy atom. The van der Waals surface area contributed by atoms with Gasteiger partial charge in [0.05, 0.1) is 6.26 Å². The second kappa shape index (κ2) is 6.52. The van der Waals surface area contributed by atoms with Crippen LogP contribution in [0.25, 0.3) is 6.08 Å². The van der Waals surface area contributed by atoms with Gasteiger partial charge in [-0.05, 0) is 42.8 Å². The van der Waals surface area contributed by atoms with Gasteiger partial charge in [-0.25, -0.2) is 0 Å². The van der Waals surface area contributed by atoms with Crippen molar-refractivity contribution in [3.63, 3.8) is 0 Å². The van der Waals surface area contributed by atoms with Crippen molar-refractivity contribution < 1.29 is 14.0 Å². The lowest BCUT2D eigenvalue weighted by atomic mass is 10.1. The number of nitrogens with one attached hydrogen (secondary N) is 1. The van der Waals surface area contributed by atoms with Crippen molar-refractivity contribution >= 4 is 23.5 Å². The van der Waals surface area contributed by atoms with E-state index in [0.29, 0.717) is 17.0 Å². The molecule has 1 aromatic carbocycles. The third-order valence-electron chi connectivity index (χ3n) is 2.75. The monoisotopic (exact) mass is 281 g/mol. The van der Waals surface area contributed by atoms with Gasteiger partial charge in [-0.2, -0.15) is 0 Å². The van der Waals surface area contributed by atoms with Crippen LogP contribution in [0.4, 0.5) is 5.69 Å². The van der Waals surface area contributed by atoms with E-state index in [1.54, 1.807) is 49.4 Å². The van der Waals surface area contributed by atoms with Gasteiger partial charge in [0.15, 0.2) is 5.76 Å². The molecule has 0 atom stereocenters. The Balaban J connectivity index is 2.01. The molecular weight excluding hydrogens is 266 g/mol. The van der Waals surface area contributed by atoms with Crippen molar-refractivity contribution in [3.8, 4) is 0 Å². The second-order valence-corrected chi connectivity index (χ2v) is 4.53. The summed E-state index contributed by atoms with van der Waals surface area (Å²) in [6.07, 6.45) is 4.59. The van der Waals surface area contributed by atoms with Crippen LogP contribution >= 0.6 is 0 Å². The van der Waals surface area contributed by atoms with Crippen molar-refractivity contribution in [2.45, 2.75) is 6.92 Å². The number of carbonyl (C=O) groups excluding carboxylic acids is 2. The average Bonchev–Trinajstić information content (AvgIpc) is 3.00. The molecule has 0 aliphatic carbocycles. The Hall–Kier alpha value is -2.88. The minimum atomic E-state index is -0.216. The average molecular weight is 281 g/mol. The van der Waals surface area contributed by atoms with E-state index in [4.69, 9.17) is 4.42 Å². The summed E-state index contributed by atoms with van der Waals surface area (Å²) in [7, 11) is 0. The van der Waals surface area contributed by atoms with E-state index in [1.165, 1.54) is 12.3 Å². The highest BCUT2D eigenvalue weighted by Crippen LogP contribution is 2.12. The summed E-state index contributed by atoms with van der Waals surface area (Å²) in [5.41, 5.74) is 1.98. The number of carbonyl (C=O) groups is 2. The molecule has 4 nitrogen and oxygen atoms in total. The Morgan fingerprint density at radius 2 is 1.90 bits per heavy atom. The number of allylic oxidation sites excluding steroid dienone is 1. The predicted molar refractivity (Wildman–Crippen MR) is 82.0 cm³/mol. The van der Waals surface area contributed by atoms with E-state index in [1.807, 2.05) is 0 Å². The van der Waals surface area contributed by atoms with Crippen LogP contribution in [-0.4, -0.2) is 11.7 Å². The molecule has 0 aliphatic heterocycles. The molecular formula is C17H15NO3. The van der Waals surface area contributed by atoms with E-state index in [2.05, 4.69) is 11.9 Å². The molecule has 1 N–H and O–H groups in total. The van der Waals surface area contributed by atoms with Crippen LogP contribution in [0.2, 0.25) is 0 Å². The molecule has 21 heavy (non-hydrogen) atoms. The number of benzene rings is 1. The maximum absolute atomic E-state index is 11.7. The third kappa shape index (κ3) is 4.04. The highest BCUT2D eigenvalue weighted by atomic mass is 16.3. The van der Waals surface area contributed by atoms with Crippen LogP contribution in [0.5, 0.6) is 0 Å². The SMILES string of the molecule is C=C(C)C(=O)Nc1ccc(C=CC(=O)c2ccco2)cc1. The lowest BCUT2D eigenvalue weighted by molar-refractivity contribution is -0.112. The molecule has 0 unspecified atom stereocenters. The Morgan fingerprint density at radius 1 is 1.19 bits per heavy atom. The Bertz CT molecular complexity index is 679. The van der Waals surface area contributed by atoms with E-state index in [9.17, 15) is 9.59 Å². The molecule has 2 aromatic rings. The number of amides is 1. The summed E-state index contributed by atoms with van der Waals surface area (Å²) < 4.78 is 5.01. The largest absolute Gasteiger partial charge is 0.461 e. The highest BCUT2D eigenvalue weighted by molar-refractivity contribution is 6.05. The van der Waals surface area contributed by atoms with E-state index >= 15 is 0 Å². The van der Waals surface area contributed by atoms with Crippen molar-refractivity contribution in [1.82, 2.24) is 0 Å². The minimum Gasteiger partial charge on any atom is -0.461 e. The van der Waals surface area contributed by atoms with Gasteiger partial charge < -0.3 is 9.73 Å². The van der Waals surface area contributed by atoms with E-state index < -0.39 is 0 Å². The molecule has 0 fully saturated rings. The number of furan rings is 1. The van der Waals surface area contributed by atoms with Gasteiger partial charge in [-0.3, -0.25) is 9.59 Å². The lowest BCUT2D eigenvalue weighted by Gasteiger charge is -2.04. The first-order valence-electron chi connectivity index (χ1n) is 6.39. The van der Waals surface area contributed by atoms with Gasteiger partial charge in [0.1, 0.15) is 0 Å². The van der Waals surface area contributed by atoms with Gasteiger partial charge in [0.2, 0.25) is 5.78 Å². The summed E-state index contributed by atoms with van der Waals surface area (Å²) in [5.74, 6) is -0.109. The van der Waals surface area contributed by atoms with Crippen molar-refractivity contribution in [1.29, 1.82) is 0 Å². The normalized spacial score (nSPS) is 10.5. The zero-order valence-corrected chi connectivity index (χ0v) is 11.6. The van der Waals surface area contributed by atoms with Crippen LogP contribution in [0.1, 0.15) is 23.0 Å². The number of hydrogen-bond acceptors (Lipinski definition) is 3. The van der Waals surface area contributed by atoms with Gasteiger partial charge in [0.25, 0.3) is 5.91 Å². The second-order valence-electron chi connectivity index (χ2n) is 4.53. The molecule has 0 saturated heterocycles. The molecule has 1 heterocycles. The summed E-state index contributed by atoms with van der Waals surface area (Å²) in [4.78, 5) is 23.2. The van der Waals surface area contributed by atoms with E-state index in [-0.39, 0.29) is 11.7 Å². The van der Waals surface area contributed by atoms with Crippen LogP contribution in [-0.2, 0) is 4.79 Å². The maximum atomic E-state index is 11.7. The van der Waals surface area contributed by atoms with Gasteiger partial charge in [-0.1, -0.05) is 24.8 Å². The molecule has 0 bridgehead atoms. The number of ketones is 1. The maximum Gasteiger partial charge on any atom is 0.250 e. The van der Waals surface area contributed by atoms with Gasteiger partial charge in [0, 0.05) is 11.3 Å². The lowest BCUT2D eigenvalue weighted by Crippen LogP contribution is -2.11. The van der Waals surface area contributed by atoms with E-state index in [0.717, 1.165) is 5.56 Å². The Labute approximate surface area is 122 Å². The number of anilines is 1. The number of hydrogen-bond donors (Lipinski definition) is 1. The van der Waals surface area contributed by atoms with Crippen molar-refractivity contribution in [3.05, 3.63) is 72.2 Å². The van der Waals surface area contributed by atoms with Crippen LogP contribution in [0.15, 0.2) is 65.3 Å². The van der Waals surface area contributed by atoms with Crippen molar-refractivity contribution in [2.75, 3.05) is 5.32 Å². The fraction of sp³-hybridized carbons (Fsp3) is 0.0588. The molecule has 0 spiro atoms. The van der Waals surface area contributed by atoms with Crippen LogP contribution in [0, 0.1) is 0 Å². The molecule has 0 aliphatic rings. The predicted octanol–water partition coefficient (Wildman–Crippen LogP) is 3.69. The summed E-state index contributed by atoms with van der Waals surface area (Å²) in [6, 6.07) is 10.4. The highest BCUT2D eigenvalue weighted by Gasteiger charge is 2.04. The minimum absolute atomic E-state index is 0.195. The number of rotatable bonds is 5. The summed E-state index contributed by atoms with van der Waals surface area (Å²) in [5, 5.41) is 2.71. The Kier molecular flexibility index (Phi) is 4.51. The molecule has 106 valence electrons. The third-order valence-corrected chi connectivity index (χ3v) is 2.75.